The molecule has 1 saturated carbocycles. The van der Waals surface area contributed by atoms with Crippen LogP contribution < -0.4 is 0 Å². The van der Waals surface area contributed by atoms with Crippen LogP contribution in [0.2, 0.25) is 0 Å². The van der Waals surface area contributed by atoms with Gasteiger partial charge in [-0.3, -0.25) is 0 Å². The molecule has 0 bridgehead atoms. The van der Waals surface area contributed by atoms with E-state index < -0.39 is 5.60 Å². The van der Waals surface area contributed by atoms with Crippen LogP contribution in [0.5, 0.6) is 0 Å². The van der Waals surface area contributed by atoms with Gasteiger partial charge in [0.05, 0.1) is 5.69 Å². The molecule has 2 rings (SSSR count). The summed E-state index contributed by atoms with van der Waals surface area (Å²) in [6.07, 6.45) is 4.78. The van der Waals surface area contributed by atoms with Crippen LogP contribution in [0, 0.1) is 6.92 Å². The second-order valence-electron chi connectivity index (χ2n) is 3.70. The molecule has 1 fully saturated rings. The maximum Gasteiger partial charge on any atom is 0.140 e. The minimum Gasteiger partial charge on any atom is -0.382 e. The highest BCUT2D eigenvalue weighted by atomic mass is 16.3. The molecule has 0 aliphatic heterocycles. The monoisotopic (exact) mass is 196 g/mol. The third kappa shape index (κ3) is 1.82. The van der Waals surface area contributed by atoms with E-state index in [9.17, 15) is 5.11 Å². The lowest BCUT2D eigenvalue weighted by Crippen LogP contribution is -2.36. The standard InChI is InChI=1S/C9H14N2O.C2H6/c1-7-6-11(2)8(10-7)9(12)4-3-5-9;1-2/h6,12H,3-5H2,1-2H3;1-2H3. The molecule has 0 unspecified atom stereocenters. The van der Waals surface area contributed by atoms with Crippen LogP contribution in [0.3, 0.4) is 0 Å². The quantitative estimate of drug-likeness (QED) is 0.747. The topological polar surface area (TPSA) is 38.0 Å². The van der Waals surface area contributed by atoms with Crippen molar-refractivity contribution in [3.05, 3.63) is 17.7 Å². The van der Waals surface area contributed by atoms with Crippen molar-refractivity contribution in [2.24, 2.45) is 7.05 Å². The third-order valence-electron chi connectivity index (χ3n) is 2.59. The summed E-state index contributed by atoms with van der Waals surface area (Å²) in [6, 6.07) is 0. The molecule has 80 valence electrons. The van der Waals surface area contributed by atoms with E-state index in [1.54, 1.807) is 0 Å². The number of rotatable bonds is 1. The molecule has 1 aliphatic rings. The van der Waals surface area contributed by atoms with Gasteiger partial charge in [-0.1, -0.05) is 13.8 Å². The molecular weight excluding hydrogens is 176 g/mol. The van der Waals surface area contributed by atoms with Crippen molar-refractivity contribution in [1.82, 2.24) is 9.55 Å². The van der Waals surface area contributed by atoms with E-state index in [4.69, 9.17) is 0 Å². The van der Waals surface area contributed by atoms with E-state index in [1.807, 2.05) is 38.6 Å². The van der Waals surface area contributed by atoms with Crippen molar-refractivity contribution in [3.8, 4) is 0 Å². The second kappa shape index (κ2) is 4.13. The Morgan fingerprint density at radius 1 is 1.43 bits per heavy atom. The third-order valence-corrected chi connectivity index (χ3v) is 2.59. The van der Waals surface area contributed by atoms with E-state index in [0.717, 1.165) is 30.8 Å². The summed E-state index contributed by atoms with van der Waals surface area (Å²) in [4.78, 5) is 4.32. The largest absolute Gasteiger partial charge is 0.382 e. The van der Waals surface area contributed by atoms with Crippen LogP contribution in [0.4, 0.5) is 0 Å². The second-order valence-corrected chi connectivity index (χ2v) is 3.70. The molecule has 0 radical (unpaired) electrons. The van der Waals surface area contributed by atoms with Crippen molar-refractivity contribution >= 4 is 0 Å². The fourth-order valence-corrected chi connectivity index (χ4v) is 1.78. The van der Waals surface area contributed by atoms with Gasteiger partial charge < -0.3 is 9.67 Å². The summed E-state index contributed by atoms with van der Waals surface area (Å²) in [6.45, 7) is 5.95. The zero-order valence-electron chi connectivity index (χ0n) is 9.54. The lowest BCUT2D eigenvalue weighted by Gasteiger charge is -2.35. The van der Waals surface area contributed by atoms with Crippen LogP contribution >= 0.6 is 0 Å². The first-order valence-electron chi connectivity index (χ1n) is 5.35. The van der Waals surface area contributed by atoms with Gasteiger partial charge in [-0.2, -0.15) is 0 Å². The summed E-state index contributed by atoms with van der Waals surface area (Å²) in [5.41, 5.74) is 0.357. The van der Waals surface area contributed by atoms with Gasteiger partial charge in [-0.25, -0.2) is 4.98 Å². The van der Waals surface area contributed by atoms with Gasteiger partial charge in [-0.15, -0.1) is 0 Å². The van der Waals surface area contributed by atoms with Gasteiger partial charge >= 0.3 is 0 Å². The maximum atomic E-state index is 9.99. The van der Waals surface area contributed by atoms with Gasteiger partial charge in [0.2, 0.25) is 0 Å². The van der Waals surface area contributed by atoms with Crippen molar-refractivity contribution in [3.63, 3.8) is 0 Å². The van der Waals surface area contributed by atoms with Crippen LogP contribution in [-0.2, 0) is 12.6 Å². The normalized spacial score (nSPS) is 18.1. The molecule has 0 saturated heterocycles. The lowest BCUT2D eigenvalue weighted by atomic mass is 9.79. The summed E-state index contributed by atoms with van der Waals surface area (Å²) >= 11 is 0. The van der Waals surface area contributed by atoms with Gasteiger partial charge in [-0.05, 0) is 26.2 Å². The van der Waals surface area contributed by atoms with Crippen molar-refractivity contribution < 1.29 is 5.11 Å². The van der Waals surface area contributed by atoms with Crippen molar-refractivity contribution in [2.75, 3.05) is 0 Å². The Morgan fingerprint density at radius 3 is 2.29 bits per heavy atom. The Kier molecular flexibility index (Phi) is 3.32. The summed E-state index contributed by atoms with van der Waals surface area (Å²) in [7, 11) is 1.94. The molecule has 1 aromatic heterocycles. The predicted molar refractivity (Wildman–Crippen MR) is 57.0 cm³/mol. The molecule has 0 aromatic carbocycles. The zero-order chi connectivity index (χ0) is 10.8. The Hall–Kier alpha value is -0.830. The Labute approximate surface area is 85.8 Å². The first-order valence-corrected chi connectivity index (χ1v) is 5.35. The van der Waals surface area contributed by atoms with Crippen LogP contribution in [0.25, 0.3) is 0 Å². The highest BCUT2D eigenvalue weighted by Gasteiger charge is 2.39. The average molecular weight is 196 g/mol. The summed E-state index contributed by atoms with van der Waals surface area (Å²) < 4.78 is 1.93. The van der Waals surface area contributed by atoms with Crippen molar-refractivity contribution in [1.29, 1.82) is 0 Å². The number of nitrogens with zero attached hydrogens (tertiary/aromatic N) is 2. The molecule has 0 spiro atoms. The minimum absolute atomic E-state index is 0.622. The predicted octanol–water partition coefficient (Wildman–Crippen LogP) is 2.13. The molecule has 1 aromatic rings. The fourth-order valence-electron chi connectivity index (χ4n) is 1.78. The Balaban J connectivity index is 0.000000461. The molecule has 3 heteroatoms. The van der Waals surface area contributed by atoms with E-state index in [1.165, 1.54) is 0 Å². The van der Waals surface area contributed by atoms with Gasteiger partial charge in [0.25, 0.3) is 0 Å². The van der Waals surface area contributed by atoms with Crippen molar-refractivity contribution in [2.45, 2.75) is 45.6 Å². The Morgan fingerprint density at radius 2 is 2.00 bits per heavy atom. The average Bonchev–Trinajstić information content (AvgIpc) is 2.45. The van der Waals surface area contributed by atoms with Crippen LogP contribution in [-0.4, -0.2) is 14.7 Å². The SMILES string of the molecule is CC.Cc1cn(C)c(C2(O)CCC2)n1. The number of hydrogen-bond donors (Lipinski definition) is 1. The first kappa shape index (κ1) is 11.2. The Bertz CT molecular complexity index is 300. The number of aryl methyl sites for hydroxylation is 2. The number of imidazole rings is 1. The van der Waals surface area contributed by atoms with E-state index in [0.29, 0.717) is 0 Å². The smallest absolute Gasteiger partial charge is 0.140 e. The molecule has 14 heavy (non-hydrogen) atoms. The zero-order valence-corrected chi connectivity index (χ0v) is 9.54. The summed E-state index contributed by atoms with van der Waals surface area (Å²) in [5.74, 6) is 0.825. The first-order chi connectivity index (χ1) is 6.62. The van der Waals surface area contributed by atoms with E-state index >= 15 is 0 Å². The summed E-state index contributed by atoms with van der Waals surface area (Å²) in [5, 5.41) is 9.99. The number of aromatic nitrogens is 2. The molecule has 1 aliphatic carbocycles. The minimum atomic E-state index is -0.622. The number of aliphatic hydroxyl groups is 1. The molecule has 1 heterocycles. The lowest BCUT2D eigenvalue weighted by molar-refractivity contribution is -0.0488. The molecule has 0 amide bonds. The van der Waals surface area contributed by atoms with E-state index in [-0.39, 0.29) is 0 Å². The van der Waals surface area contributed by atoms with Gasteiger partial charge in [0, 0.05) is 13.2 Å². The maximum absolute atomic E-state index is 9.99. The van der Waals surface area contributed by atoms with Gasteiger partial charge in [0.15, 0.2) is 0 Å². The van der Waals surface area contributed by atoms with Crippen LogP contribution in [0.1, 0.15) is 44.6 Å². The molecule has 1 N–H and O–H groups in total. The van der Waals surface area contributed by atoms with Gasteiger partial charge in [0.1, 0.15) is 11.4 Å². The van der Waals surface area contributed by atoms with Crippen LogP contribution in [0.15, 0.2) is 6.20 Å². The highest BCUT2D eigenvalue weighted by molar-refractivity contribution is 5.12. The molecular formula is C11H20N2O. The van der Waals surface area contributed by atoms with E-state index in [2.05, 4.69) is 4.98 Å². The molecule has 3 nitrogen and oxygen atoms in total. The molecule has 0 atom stereocenters. The number of hydrogen-bond acceptors (Lipinski definition) is 2. The fraction of sp³-hybridized carbons (Fsp3) is 0.727. The highest BCUT2D eigenvalue weighted by Crippen LogP contribution is 2.39.